The maximum atomic E-state index is 12.1. The van der Waals surface area contributed by atoms with Gasteiger partial charge in [0.15, 0.2) is 0 Å². The molecular weight excluding hydrogens is 284 g/mol. The lowest BCUT2D eigenvalue weighted by Gasteiger charge is -2.30. The molecule has 1 saturated heterocycles. The Hall–Kier alpha value is -1.88. The fourth-order valence-corrected chi connectivity index (χ4v) is 2.93. The quantitative estimate of drug-likeness (QED) is 0.869. The average molecular weight is 302 g/mol. The van der Waals surface area contributed by atoms with Crippen molar-refractivity contribution >= 4 is 17.2 Å². The van der Waals surface area contributed by atoms with Crippen molar-refractivity contribution in [1.29, 1.82) is 0 Å². The van der Waals surface area contributed by atoms with Crippen molar-refractivity contribution in [3.05, 3.63) is 35.3 Å². The highest BCUT2D eigenvalue weighted by atomic mass is 32.1. The van der Waals surface area contributed by atoms with Gasteiger partial charge in [-0.05, 0) is 44.5 Å². The minimum absolute atomic E-state index is 0.0449. The summed E-state index contributed by atoms with van der Waals surface area (Å²) < 4.78 is 5.62. The van der Waals surface area contributed by atoms with E-state index in [1.165, 1.54) is 11.3 Å². The standard InChI is InChI=1S/C16H18N2O2S/c1-11(2)20-13-6-4-12(5-7-13)15-17-14(10-21-15)16(19)18-8-3-9-18/h4-7,10-11H,3,8-9H2,1-2H3. The zero-order chi connectivity index (χ0) is 14.8. The van der Waals surface area contributed by atoms with Gasteiger partial charge in [0.05, 0.1) is 6.10 Å². The number of likely N-dealkylation sites (tertiary alicyclic amines) is 1. The molecule has 5 heteroatoms. The van der Waals surface area contributed by atoms with E-state index in [0.29, 0.717) is 5.69 Å². The number of aromatic nitrogens is 1. The minimum atomic E-state index is 0.0449. The molecule has 0 radical (unpaired) electrons. The number of rotatable bonds is 4. The number of amides is 1. The molecule has 1 aromatic carbocycles. The number of nitrogens with zero attached hydrogens (tertiary/aromatic N) is 2. The molecule has 3 rings (SSSR count). The second kappa shape index (κ2) is 5.85. The van der Waals surface area contributed by atoms with E-state index in [4.69, 9.17) is 4.74 Å². The molecule has 1 fully saturated rings. The van der Waals surface area contributed by atoms with Crippen molar-refractivity contribution in [2.45, 2.75) is 26.4 Å². The summed E-state index contributed by atoms with van der Waals surface area (Å²) in [6.07, 6.45) is 1.26. The Morgan fingerprint density at radius 2 is 2.00 bits per heavy atom. The zero-order valence-corrected chi connectivity index (χ0v) is 13.0. The molecule has 1 aliphatic heterocycles. The lowest BCUT2D eigenvalue weighted by Crippen LogP contribution is -2.42. The third kappa shape index (κ3) is 3.08. The molecular formula is C16H18N2O2S. The molecule has 1 amide bonds. The summed E-state index contributed by atoms with van der Waals surface area (Å²) in [5.41, 5.74) is 1.57. The number of benzene rings is 1. The SMILES string of the molecule is CC(C)Oc1ccc(-c2nc(C(=O)N3CCC3)cs2)cc1. The van der Waals surface area contributed by atoms with Gasteiger partial charge in [-0.3, -0.25) is 4.79 Å². The highest BCUT2D eigenvalue weighted by Gasteiger charge is 2.23. The Kier molecular flexibility index (Phi) is 3.92. The predicted molar refractivity (Wildman–Crippen MR) is 83.8 cm³/mol. The van der Waals surface area contributed by atoms with Crippen LogP contribution in [-0.2, 0) is 0 Å². The van der Waals surface area contributed by atoms with Crippen molar-refractivity contribution in [1.82, 2.24) is 9.88 Å². The molecule has 4 nitrogen and oxygen atoms in total. The van der Waals surface area contributed by atoms with Gasteiger partial charge in [0.2, 0.25) is 0 Å². The van der Waals surface area contributed by atoms with Gasteiger partial charge in [-0.1, -0.05) is 0 Å². The first-order valence-electron chi connectivity index (χ1n) is 7.15. The van der Waals surface area contributed by atoms with Gasteiger partial charge in [0.1, 0.15) is 16.5 Å². The Balaban J connectivity index is 1.74. The Labute approximate surface area is 128 Å². The first-order valence-corrected chi connectivity index (χ1v) is 8.03. The van der Waals surface area contributed by atoms with Crippen LogP contribution in [0.4, 0.5) is 0 Å². The maximum absolute atomic E-state index is 12.1. The number of carbonyl (C=O) groups excluding carboxylic acids is 1. The Bertz CT molecular complexity index is 630. The van der Waals surface area contributed by atoms with Crippen molar-refractivity contribution in [3.63, 3.8) is 0 Å². The van der Waals surface area contributed by atoms with Gasteiger partial charge >= 0.3 is 0 Å². The van der Waals surface area contributed by atoms with E-state index in [0.717, 1.165) is 35.8 Å². The van der Waals surface area contributed by atoms with E-state index in [1.54, 1.807) is 0 Å². The van der Waals surface area contributed by atoms with Gasteiger partial charge < -0.3 is 9.64 Å². The van der Waals surface area contributed by atoms with Crippen LogP contribution in [0.5, 0.6) is 5.75 Å². The molecule has 1 aromatic heterocycles. The minimum Gasteiger partial charge on any atom is -0.491 e. The average Bonchev–Trinajstić information content (AvgIpc) is 2.86. The molecule has 0 spiro atoms. The molecule has 0 saturated carbocycles. The van der Waals surface area contributed by atoms with Crippen LogP contribution in [0, 0.1) is 0 Å². The summed E-state index contributed by atoms with van der Waals surface area (Å²) in [6.45, 7) is 5.71. The monoisotopic (exact) mass is 302 g/mol. The van der Waals surface area contributed by atoms with E-state index in [9.17, 15) is 4.79 Å². The number of hydrogen-bond donors (Lipinski definition) is 0. The summed E-state index contributed by atoms with van der Waals surface area (Å²) in [6, 6.07) is 7.84. The molecule has 0 aliphatic carbocycles. The third-order valence-corrected chi connectivity index (χ3v) is 4.23. The molecule has 0 N–H and O–H groups in total. The molecule has 1 aliphatic rings. The van der Waals surface area contributed by atoms with Gasteiger partial charge in [0, 0.05) is 24.0 Å². The van der Waals surface area contributed by atoms with E-state index in [2.05, 4.69) is 4.98 Å². The van der Waals surface area contributed by atoms with Crippen LogP contribution in [0.15, 0.2) is 29.6 Å². The lowest BCUT2D eigenvalue weighted by atomic mass is 10.2. The fourth-order valence-electron chi connectivity index (χ4n) is 2.13. The molecule has 2 aromatic rings. The van der Waals surface area contributed by atoms with Crippen LogP contribution in [0.25, 0.3) is 10.6 Å². The third-order valence-electron chi connectivity index (χ3n) is 3.34. The summed E-state index contributed by atoms with van der Waals surface area (Å²) in [7, 11) is 0. The largest absolute Gasteiger partial charge is 0.491 e. The lowest BCUT2D eigenvalue weighted by molar-refractivity contribution is 0.0646. The van der Waals surface area contributed by atoms with Crippen molar-refractivity contribution < 1.29 is 9.53 Å². The van der Waals surface area contributed by atoms with Crippen LogP contribution in [0.2, 0.25) is 0 Å². The number of thiazole rings is 1. The fraction of sp³-hybridized carbons (Fsp3) is 0.375. The van der Waals surface area contributed by atoms with E-state index < -0.39 is 0 Å². The highest BCUT2D eigenvalue weighted by molar-refractivity contribution is 7.13. The topological polar surface area (TPSA) is 42.4 Å². The van der Waals surface area contributed by atoms with E-state index >= 15 is 0 Å². The first kappa shape index (κ1) is 14.1. The number of ether oxygens (including phenoxy) is 1. The summed E-state index contributed by atoms with van der Waals surface area (Å²) in [4.78, 5) is 18.4. The van der Waals surface area contributed by atoms with Crippen molar-refractivity contribution in [3.8, 4) is 16.3 Å². The van der Waals surface area contributed by atoms with Gasteiger partial charge in [0.25, 0.3) is 5.91 Å². The van der Waals surface area contributed by atoms with Gasteiger partial charge in [-0.2, -0.15) is 0 Å². The number of hydrogen-bond acceptors (Lipinski definition) is 4. The molecule has 21 heavy (non-hydrogen) atoms. The Morgan fingerprint density at radius 1 is 1.29 bits per heavy atom. The van der Waals surface area contributed by atoms with Crippen LogP contribution in [-0.4, -0.2) is 35.0 Å². The van der Waals surface area contributed by atoms with Gasteiger partial charge in [-0.15, -0.1) is 11.3 Å². The molecule has 2 heterocycles. The van der Waals surface area contributed by atoms with Crippen molar-refractivity contribution in [2.75, 3.05) is 13.1 Å². The van der Waals surface area contributed by atoms with Crippen LogP contribution in [0.3, 0.4) is 0 Å². The number of carbonyl (C=O) groups is 1. The summed E-state index contributed by atoms with van der Waals surface area (Å²) >= 11 is 1.50. The van der Waals surface area contributed by atoms with Crippen molar-refractivity contribution in [2.24, 2.45) is 0 Å². The normalized spacial score (nSPS) is 14.1. The molecule has 0 bridgehead atoms. The van der Waals surface area contributed by atoms with Crippen LogP contribution < -0.4 is 4.74 Å². The zero-order valence-electron chi connectivity index (χ0n) is 12.2. The van der Waals surface area contributed by atoms with Crippen LogP contribution >= 0.6 is 11.3 Å². The molecule has 0 unspecified atom stereocenters. The van der Waals surface area contributed by atoms with Crippen LogP contribution in [0.1, 0.15) is 30.8 Å². The summed E-state index contributed by atoms with van der Waals surface area (Å²) in [5, 5.41) is 2.71. The van der Waals surface area contributed by atoms with E-state index in [1.807, 2.05) is 48.4 Å². The van der Waals surface area contributed by atoms with E-state index in [-0.39, 0.29) is 12.0 Å². The maximum Gasteiger partial charge on any atom is 0.273 e. The first-order chi connectivity index (χ1) is 10.1. The molecule has 0 atom stereocenters. The summed E-state index contributed by atoms with van der Waals surface area (Å²) in [5.74, 6) is 0.894. The molecule has 110 valence electrons. The Morgan fingerprint density at radius 3 is 2.57 bits per heavy atom. The second-order valence-electron chi connectivity index (χ2n) is 5.37. The second-order valence-corrected chi connectivity index (χ2v) is 6.23. The van der Waals surface area contributed by atoms with Gasteiger partial charge in [-0.25, -0.2) is 4.98 Å². The smallest absolute Gasteiger partial charge is 0.273 e. The highest BCUT2D eigenvalue weighted by Crippen LogP contribution is 2.27. The predicted octanol–water partition coefficient (Wildman–Crippen LogP) is 3.44.